The molecule has 0 radical (unpaired) electrons. The molecule has 2 N–H and O–H groups in total. The molecule has 11 atom stereocenters. The fraction of sp³-hybridized carbons (Fsp3) is 0.929. The normalized spacial score (nSPS) is 55.8. The molecule has 0 aromatic heterocycles. The number of aliphatic hydroxyl groups is 2. The van der Waals surface area contributed by atoms with E-state index in [2.05, 4.69) is 6.92 Å². The van der Waals surface area contributed by atoms with Gasteiger partial charge in [0.2, 0.25) is 0 Å². The van der Waals surface area contributed by atoms with Gasteiger partial charge in [-0.15, -0.1) is 0 Å². The molecule has 4 aliphatic carbocycles. The van der Waals surface area contributed by atoms with E-state index in [1.54, 1.807) is 0 Å². The van der Waals surface area contributed by atoms with Crippen molar-refractivity contribution in [2.45, 2.75) is 105 Å². The minimum absolute atomic E-state index is 0.0420. The predicted octanol–water partition coefficient (Wildman–Crippen LogP) is 5.04. The highest BCUT2D eigenvalue weighted by Crippen LogP contribution is 2.67. The summed E-state index contributed by atoms with van der Waals surface area (Å²) in [6, 6.07) is 0. The quantitative estimate of drug-likeness (QED) is 0.611. The van der Waals surface area contributed by atoms with Crippen LogP contribution in [-0.4, -0.2) is 34.0 Å². The van der Waals surface area contributed by atoms with Crippen LogP contribution in [-0.2, 0) is 9.59 Å². The third-order valence-corrected chi connectivity index (χ3v) is 10.2. The number of hydrogen-bond acceptors (Lipinski definition) is 4. The lowest BCUT2D eigenvalue weighted by Crippen LogP contribution is -2.57. The van der Waals surface area contributed by atoms with E-state index in [1.807, 2.05) is 27.7 Å². The smallest absolute Gasteiger partial charge is 0.137 e. The van der Waals surface area contributed by atoms with Crippen molar-refractivity contribution >= 4 is 11.6 Å². The number of ketones is 2. The van der Waals surface area contributed by atoms with Gasteiger partial charge in [0.1, 0.15) is 11.6 Å². The first-order chi connectivity index (χ1) is 17.5. The number of carbonyl (C=O) groups is 2. The van der Waals surface area contributed by atoms with Crippen LogP contribution in [0.3, 0.4) is 0 Å². The molecular weight excluding hydrogens is 400 g/mol. The van der Waals surface area contributed by atoms with E-state index in [4.69, 9.17) is 8.22 Å². The molecule has 0 aliphatic heterocycles. The van der Waals surface area contributed by atoms with E-state index in [1.165, 1.54) is 6.92 Å². The Kier molecular flexibility index (Phi) is 4.46. The Bertz CT molecular complexity index is 1030. The van der Waals surface area contributed by atoms with Crippen molar-refractivity contribution in [2.75, 3.05) is 0 Å². The Labute approximate surface area is 204 Å². The Morgan fingerprint density at radius 1 is 0.938 bits per heavy atom. The van der Waals surface area contributed by atoms with Gasteiger partial charge in [-0.25, -0.2) is 0 Å². The Balaban J connectivity index is 1.75. The van der Waals surface area contributed by atoms with E-state index >= 15 is 0 Å². The maximum atomic E-state index is 13.9. The minimum atomic E-state index is -3.17. The zero-order valence-electron chi connectivity index (χ0n) is 27.4. The number of carbonyl (C=O) groups excluding carboxylic acids is 2. The summed E-state index contributed by atoms with van der Waals surface area (Å²) >= 11 is 0. The minimum Gasteiger partial charge on any atom is -0.390 e. The van der Waals surface area contributed by atoms with Gasteiger partial charge < -0.3 is 10.2 Å². The molecule has 32 heavy (non-hydrogen) atoms. The van der Waals surface area contributed by atoms with E-state index in [-0.39, 0.29) is 29.6 Å². The third-order valence-electron chi connectivity index (χ3n) is 10.2. The molecule has 182 valence electrons. The van der Waals surface area contributed by atoms with Crippen LogP contribution in [0.15, 0.2) is 0 Å². The van der Waals surface area contributed by atoms with Crippen LogP contribution >= 0.6 is 0 Å². The van der Waals surface area contributed by atoms with Gasteiger partial charge in [0.15, 0.2) is 0 Å². The molecule has 0 amide bonds. The summed E-state index contributed by atoms with van der Waals surface area (Å²) in [6.07, 6.45) is -8.46. The lowest BCUT2D eigenvalue weighted by atomic mass is 9.44. The predicted molar refractivity (Wildman–Crippen MR) is 126 cm³/mol. The molecule has 4 fully saturated rings. The molecular formula is C28H46O4. The van der Waals surface area contributed by atoms with Gasteiger partial charge in [0, 0.05) is 34.6 Å². The monoisotopic (exact) mass is 453 g/mol. The Morgan fingerprint density at radius 3 is 2.25 bits per heavy atom. The first kappa shape index (κ1) is 16.8. The summed E-state index contributed by atoms with van der Waals surface area (Å²) < 4.78 is 61.0. The van der Waals surface area contributed by atoms with Crippen LogP contribution < -0.4 is 0 Å². The summed E-state index contributed by atoms with van der Waals surface area (Å²) in [5, 5.41) is 22.1. The van der Waals surface area contributed by atoms with Crippen LogP contribution in [0.25, 0.3) is 0 Å². The van der Waals surface area contributed by atoms with Gasteiger partial charge in [0.05, 0.1) is 12.2 Å². The standard InChI is InChI=1S/C28H46O4/c1-15(2)16(3)25(31)26(32)17(4)20-7-8-21-19-14-24(30)23-13-18(29)9-11-28(23,6)22(19)10-12-27(20,21)5/h15-17,19-23,25-26,31-32H,7-14H2,1-6H3/t16-,17+,19+,20-,21+,22+,23-,25-,26-,27-,28-/m1/s1/i9D2,13D2,14D2,23D. The highest BCUT2D eigenvalue weighted by atomic mass is 16.3. The Morgan fingerprint density at radius 2 is 1.59 bits per heavy atom. The average Bonchev–Trinajstić information content (AvgIpc) is 3.19. The molecule has 4 aliphatic rings. The Hall–Kier alpha value is -0.740. The van der Waals surface area contributed by atoms with Crippen molar-refractivity contribution in [1.82, 2.24) is 0 Å². The molecule has 0 spiro atoms. The molecule has 4 rings (SSSR count). The van der Waals surface area contributed by atoms with Crippen molar-refractivity contribution in [1.29, 1.82) is 0 Å². The van der Waals surface area contributed by atoms with Gasteiger partial charge in [-0.05, 0) is 84.4 Å². The van der Waals surface area contributed by atoms with Crippen LogP contribution in [0.1, 0.15) is 102 Å². The third kappa shape index (κ3) is 3.63. The molecule has 4 heteroatoms. The van der Waals surface area contributed by atoms with Crippen molar-refractivity contribution in [3.63, 3.8) is 0 Å². The van der Waals surface area contributed by atoms with Crippen molar-refractivity contribution in [2.24, 2.45) is 58.1 Å². The second-order valence-corrected chi connectivity index (χ2v) is 12.0. The van der Waals surface area contributed by atoms with Crippen LogP contribution in [0.5, 0.6) is 0 Å². The SMILES string of the molecule is [2H]C1([2H])C[C@]2(C)[C@H]3CC[C@]4(C)[C@@H]([C@H](C)[C@@H](O)[C@H](O)[C@H](C)C(C)C)CC[C@H]4[C@@H]3C([2H])([2H])C(=O)[C@@]2([2H])C([2H])([2H])C1=O. The van der Waals surface area contributed by atoms with E-state index < -0.39 is 77.9 Å². The average molecular weight is 454 g/mol. The van der Waals surface area contributed by atoms with E-state index in [0.29, 0.717) is 25.7 Å². The second kappa shape index (κ2) is 8.48. The number of fused-ring (bicyclic) bond motifs is 5. The first-order valence-corrected chi connectivity index (χ1v) is 12.5. The summed E-state index contributed by atoms with van der Waals surface area (Å²) in [7, 11) is 0. The maximum absolute atomic E-state index is 13.9. The first-order valence-electron chi connectivity index (χ1n) is 16.0. The number of Topliss-reactive ketones (excluding diaryl/α,β-unsaturated/α-hetero) is 2. The molecule has 0 bridgehead atoms. The fourth-order valence-corrected chi connectivity index (χ4v) is 7.72. The molecule has 0 aromatic carbocycles. The van der Waals surface area contributed by atoms with Gasteiger partial charge in [-0.3, -0.25) is 9.59 Å². The summed E-state index contributed by atoms with van der Waals surface area (Å²) in [6.45, 7) is 11.4. The molecule has 4 nitrogen and oxygen atoms in total. The highest BCUT2D eigenvalue weighted by molar-refractivity contribution is 5.90. The molecule has 4 saturated carbocycles. The van der Waals surface area contributed by atoms with Crippen molar-refractivity contribution in [3.05, 3.63) is 0 Å². The molecule has 0 aromatic rings. The van der Waals surface area contributed by atoms with Crippen molar-refractivity contribution < 1.29 is 29.4 Å². The maximum Gasteiger partial charge on any atom is 0.137 e. The van der Waals surface area contributed by atoms with Crippen LogP contribution in [0, 0.1) is 58.1 Å². The lowest BCUT2D eigenvalue weighted by Gasteiger charge is -2.60. The number of hydrogen-bond donors (Lipinski definition) is 2. The topological polar surface area (TPSA) is 74.6 Å². The van der Waals surface area contributed by atoms with Gasteiger partial charge in [0.25, 0.3) is 0 Å². The largest absolute Gasteiger partial charge is 0.390 e. The van der Waals surface area contributed by atoms with Crippen LogP contribution in [0.2, 0.25) is 0 Å². The zero-order valence-corrected chi connectivity index (χ0v) is 20.4. The summed E-state index contributed by atoms with van der Waals surface area (Å²) in [5.74, 6) is -7.52. The fourth-order valence-electron chi connectivity index (χ4n) is 7.72. The number of rotatable bonds is 5. The number of aliphatic hydroxyl groups excluding tert-OH is 2. The molecule has 0 unspecified atom stereocenters. The van der Waals surface area contributed by atoms with Crippen LogP contribution in [0.4, 0.5) is 0 Å². The van der Waals surface area contributed by atoms with Gasteiger partial charge in [-0.2, -0.15) is 0 Å². The highest BCUT2D eigenvalue weighted by Gasteiger charge is 2.63. The van der Waals surface area contributed by atoms with Crippen molar-refractivity contribution in [3.8, 4) is 0 Å². The van der Waals surface area contributed by atoms with Gasteiger partial charge >= 0.3 is 0 Å². The lowest BCUT2D eigenvalue weighted by molar-refractivity contribution is -0.160. The zero-order chi connectivity index (χ0) is 29.9. The summed E-state index contributed by atoms with van der Waals surface area (Å²) in [4.78, 5) is 26.8. The van der Waals surface area contributed by atoms with Gasteiger partial charge in [-0.1, -0.05) is 41.5 Å². The van der Waals surface area contributed by atoms with E-state index in [9.17, 15) is 21.2 Å². The van der Waals surface area contributed by atoms with E-state index in [0.717, 1.165) is 0 Å². The second-order valence-electron chi connectivity index (χ2n) is 12.0. The molecule has 0 saturated heterocycles. The summed E-state index contributed by atoms with van der Waals surface area (Å²) in [5.41, 5.74) is -2.04. The molecule has 0 heterocycles.